The zero-order valence-corrected chi connectivity index (χ0v) is 15.1. The van der Waals surface area contributed by atoms with Crippen molar-refractivity contribution in [2.24, 2.45) is 5.41 Å². The van der Waals surface area contributed by atoms with Crippen molar-refractivity contribution in [1.29, 1.82) is 0 Å². The third-order valence-electron chi connectivity index (χ3n) is 3.79. The first-order valence-corrected chi connectivity index (χ1v) is 8.83. The number of benzene rings is 1. The second-order valence-corrected chi connectivity index (χ2v) is 8.08. The Morgan fingerprint density at radius 3 is 2.50 bits per heavy atom. The molecule has 1 aliphatic heterocycles. The molecule has 0 saturated carbocycles. The Labute approximate surface area is 146 Å². The lowest BCUT2D eigenvalue weighted by atomic mass is 9.81. The molecule has 0 bridgehead atoms. The van der Waals surface area contributed by atoms with E-state index in [9.17, 15) is 12.8 Å². The van der Waals surface area contributed by atoms with Crippen LogP contribution in [-0.4, -0.2) is 28.1 Å². The summed E-state index contributed by atoms with van der Waals surface area (Å²) in [5, 5.41) is 2.54. The standard InChI is InChI=1S/C13H17Cl2FN2O2S.ClH/c1-13(4-6-17-7-5-13)8-18-21(19,20)10-3-2-9(14)12(16)11(10)15;/h2-3,17-18H,4-8H2,1H3;1H. The van der Waals surface area contributed by atoms with Crippen LogP contribution in [0.25, 0.3) is 0 Å². The number of hydrogen-bond donors (Lipinski definition) is 2. The minimum Gasteiger partial charge on any atom is -0.317 e. The summed E-state index contributed by atoms with van der Waals surface area (Å²) in [4.78, 5) is -0.288. The molecule has 0 unspecified atom stereocenters. The van der Waals surface area contributed by atoms with Gasteiger partial charge in [-0.3, -0.25) is 0 Å². The molecule has 1 aliphatic rings. The summed E-state index contributed by atoms with van der Waals surface area (Å²) in [6.45, 7) is 4.03. The highest BCUT2D eigenvalue weighted by Crippen LogP contribution is 2.31. The number of nitrogens with one attached hydrogen (secondary N) is 2. The van der Waals surface area contributed by atoms with E-state index < -0.39 is 20.9 Å². The zero-order chi connectivity index (χ0) is 15.7. The molecule has 1 saturated heterocycles. The number of rotatable bonds is 4. The van der Waals surface area contributed by atoms with Crippen LogP contribution in [0.15, 0.2) is 17.0 Å². The molecule has 2 N–H and O–H groups in total. The first-order valence-electron chi connectivity index (χ1n) is 6.59. The number of piperidine rings is 1. The number of sulfonamides is 1. The molecule has 0 aromatic heterocycles. The van der Waals surface area contributed by atoms with E-state index in [1.807, 2.05) is 6.92 Å². The van der Waals surface area contributed by atoms with E-state index in [2.05, 4.69) is 10.0 Å². The molecule has 9 heteroatoms. The van der Waals surface area contributed by atoms with Crippen molar-refractivity contribution >= 4 is 45.6 Å². The van der Waals surface area contributed by atoms with Crippen molar-refractivity contribution in [1.82, 2.24) is 10.0 Å². The Hall–Kier alpha value is -0.110. The zero-order valence-electron chi connectivity index (χ0n) is 12.0. The normalized spacial score (nSPS) is 17.8. The molecular weight excluding hydrogens is 374 g/mol. The summed E-state index contributed by atoms with van der Waals surface area (Å²) < 4.78 is 40.7. The second kappa shape index (κ2) is 7.64. The fourth-order valence-corrected chi connectivity index (χ4v) is 4.21. The molecule has 4 nitrogen and oxygen atoms in total. The van der Waals surface area contributed by atoms with Gasteiger partial charge in [-0.2, -0.15) is 0 Å². The number of halogens is 4. The Morgan fingerprint density at radius 2 is 1.91 bits per heavy atom. The van der Waals surface area contributed by atoms with Crippen LogP contribution in [0.4, 0.5) is 4.39 Å². The van der Waals surface area contributed by atoms with E-state index >= 15 is 0 Å². The maximum absolute atomic E-state index is 13.6. The maximum Gasteiger partial charge on any atom is 0.242 e. The molecule has 1 fully saturated rings. The average Bonchev–Trinajstić information content (AvgIpc) is 2.44. The van der Waals surface area contributed by atoms with E-state index in [0.29, 0.717) is 0 Å². The predicted molar refractivity (Wildman–Crippen MR) is 89.1 cm³/mol. The van der Waals surface area contributed by atoms with E-state index in [-0.39, 0.29) is 34.3 Å². The molecule has 0 radical (unpaired) electrons. The molecule has 1 aromatic rings. The summed E-state index contributed by atoms with van der Waals surface area (Å²) in [5.41, 5.74) is -0.115. The van der Waals surface area contributed by atoms with Crippen LogP contribution in [0.2, 0.25) is 10.0 Å². The molecule has 126 valence electrons. The molecule has 0 spiro atoms. The van der Waals surface area contributed by atoms with Crippen LogP contribution in [0.3, 0.4) is 0 Å². The molecule has 1 aromatic carbocycles. The van der Waals surface area contributed by atoms with Crippen molar-refractivity contribution in [2.75, 3.05) is 19.6 Å². The molecule has 0 amide bonds. The molecule has 1 heterocycles. The Morgan fingerprint density at radius 1 is 1.32 bits per heavy atom. The minimum absolute atomic E-state index is 0. The SMILES string of the molecule is CC1(CNS(=O)(=O)c2ccc(Cl)c(F)c2Cl)CCNCC1.Cl. The highest BCUT2D eigenvalue weighted by molar-refractivity contribution is 7.89. The van der Waals surface area contributed by atoms with Crippen LogP contribution in [0.5, 0.6) is 0 Å². The topological polar surface area (TPSA) is 58.2 Å². The summed E-state index contributed by atoms with van der Waals surface area (Å²) in [6.07, 6.45) is 1.75. The van der Waals surface area contributed by atoms with Crippen LogP contribution < -0.4 is 10.0 Å². The third kappa shape index (κ3) is 4.46. The molecular formula is C13H18Cl3FN2O2S. The lowest BCUT2D eigenvalue weighted by Crippen LogP contribution is -2.42. The van der Waals surface area contributed by atoms with Gasteiger partial charge < -0.3 is 5.32 Å². The highest BCUT2D eigenvalue weighted by atomic mass is 35.5. The second-order valence-electron chi connectivity index (χ2n) is 5.56. The lowest BCUT2D eigenvalue weighted by molar-refractivity contribution is 0.232. The highest BCUT2D eigenvalue weighted by Gasteiger charge is 2.30. The van der Waals surface area contributed by atoms with Gasteiger partial charge in [0.05, 0.1) is 10.0 Å². The average molecular weight is 392 g/mol. The van der Waals surface area contributed by atoms with E-state index in [0.717, 1.165) is 25.9 Å². The monoisotopic (exact) mass is 390 g/mol. The van der Waals surface area contributed by atoms with Crippen molar-refractivity contribution < 1.29 is 12.8 Å². The van der Waals surface area contributed by atoms with E-state index in [1.54, 1.807) is 0 Å². The van der Waals surface area contributed by atoms with Crippen molar-refractivity contribution in [3.8, 4) is 0 Å². The quantitative estimate of drug-likeness (QED) is 0.775. The Balaban J connectivity index is 0.00000242. The van der Waals surface area contributed by atoms with E-state index in [4.69, 9.17) is 23.2 Å². The van der Waals surface area contributed by atoms with Gasteiger partial charge in [-0.25, -0.2) is 17.5 Å². The van der Waals surface area contributed by atoms with Gasteiger partial charge in [-0.15, -0.1) is 12.4 Å². The van der Waals surface area contributed by atoms with Gasteiger partial charge in [0.25, 0.3) is 0 Å². The van der Waals surface area contributed by atoms with Gasteiger partial charge in [0.2, 0.25) is 10.0 Å². The fraction of sp³-hybridized carbons (Fsp3) is 0.538. The smallest absolute Gasteiger partial charge is 0.242 e. The van der Waals surface area contributed by atoms with Gasteiger partial charge in [0.1, 0.15) is 4.90 Å². The van der Waals surface area contributed by atoms with Crippen molar-refractivity contribution in [2.45, 2.75) is 24.7 Å². The first-order chi connectivity index (χ1) is 9.75. The first kappa shape index (κ1) is 19.9. The summed E-state index contributed by atoms with van der Waals surface area (Å²) in [7, 11) is -3.87. The van der Waals surface area contributed by atoms with Crippen LogP contribution in [0, 0.1) is 11.2 Å². The summed E-state index contributed by atoms with van der Waals surface area (Å²) in [6, 6.07) is 2.39. The van der Waals surface area contributed by atoms with Crippen molar-refractivity contribution in [3.05, 3.63) is 28.0 Å². The van der Waals surface area contributed by atoms with E-state index in [1.165, 1.54) is 12.1 Å². The largest absolute Gasteiger partial charge is 0.317 e. The van der Waals surface area contributed by atoms with Gasteiger partial charge in [0.15, 0.2) is 5.82 Å². The Bertz CT molecular complexity index is 634. The summed E-state index contributed by atoms with van der Waals surface area (Å²) in [5.74, 6) is -0.922. The number of hydrogen-bond acceptors (Lipinski definition) is 3. The fourth-order valence-electron chi connectivity index (χ4n) is 2.27. The molecule has 0 aliphatic carbocycles. The van der Waals surface area contributed by atoms with Crippen LogP contribution in [0.1, 0.15) is 19.8 Å². The maximum atomic E-state index is 13.6. The predicted octanol–water partition coefficient (Wildman–Crippen LogP) is 3.22. The Kier molecular flexibility index (Phi) is 6.92. The van der Waals surface area contributed by atoms with Gasteiger partial charge in [0, 0.05) is 6.54 Å². The summed E-state index contributed by atoms with van der Waals surface area (Å²) >= 11 is 11.3. The van der Waals surface area contributed by atoms with Crippen LogP contribution in [-0.2, 0) is 10.0 Å². The molecule has 2 rings (SSSR count). The lowest BCUT2D eigenvalue weighted by Gasteiger charge is -2.34. The third-order valence-corrected chi connectivity index (χ3v) is 6.01. The molecule has 22 heavy (non-hydrogen) atoms. The van der Waals surface area contributed by atoms with Gasteiger partial charge in [-0.1, -0.05) is 30.1 Å². The van der Waals surface area contributed by atoms with Gasteiger partial charge in [-0.05, 0) is 43.5 Å². The minimum atomic E-state index is -3.87. The van der Waals surface area contributed by atoms with Gasteiger partial charge >= 0.3 is 0 Å². The van der Waals surface area contributed by atoms with Crippen molar-refractivity contribution in [3.63, 3.8) is 0 Å². The molecule has 0 atom stereocenters. The van der Waals surface area contributed by atoms with Crippen LogP contribution >= 0.6 is 35.6 Å².